The van der Waals surface area contributed by atoms with E-state index in [-0.39, 0.29) is 18.6 Å². The van der Waals surface area contributed by atoms with Crippen LogP contribution in [0.3, 0.4) is 0 Å². The van der Waals surface area contributed by atoms with E-state index in [4.69, 9.17) is 4.74 Å². The first-order chi connectivity index (χ1) is 15.6. The molecule has 0 saturated heterocycles. The largest absolute Gasteiger partial charge is 0.462 e. The maximum atomic E-state index is 13.1. The monoisotopic (exact) mass is 448 g/mol. The Balaban J connectivity index is 1.52. The van der Waals surface area contributed by atoms with Crippen LogP contribution in [0.25, 0.3) is 10.4 Å². The zero-order valence-corrected chi connectivity index (χ0v) is 19.2. The normalized spacial score (nSPS) is 16.1. The highest BCUT2D eigenvalue weighted by Gasteiger charge is 2.26. The molecule has 0 bridgehead atoms. The Labute approximate surface area is 192 Å². The van der Waals surface area contributed by atoms with Gasteiger partial charge in [-0.15, -0.1) is 11.3 Å². The number of nitrogens with one attached hydrogen (secondary N) is 2. The van der Waals surface area contributed by atoms with Gasteiger partial charge in [-0.1, -0.05) is 54.6 Å². The minimum absolute atomic E-state index is 0.147. The summed E-state index contributed by atoms with van der Waals surface area (Å²) >= 11 is 1.39. The number of hydrogen-bond acceptors (Lipinski definition) is 5. The number of thiophene rings is 1. The quantitative estimate of drug-likeness (QED) is 0.463. The topological polar surface area (TPSA) is 67.4 Å². The molecule has 4 rings (SSSR count). The van der Waals surface area contributed by atoms with Crippen molar-refractivity contribution in [3.8, 4) is 10.4 Å². The molecule has 1 aliphatic carbocycles. The fraction of sp³-hybridized carbons (Fsp3) is 0.308. The molecule has 6 heteroatoms. The SMILES string of the molecule is CCOC(=O)c1cc(-c2ccccc2)sc1NC(=O)[C@H](C)N[C@H]1CCCc2ccccc21. The van der Waals surface area contributed by atoms with Crippen LogP contribution >= 0.6 is 11.3 Å². The van der Waals surface area contributed by atoms with Crippen molar-refractivity contribution in [3.63, 3.8) is 0 Å². The minimum atomic E-state index is -0.428. The van der Waals surface area contributed by atoms with Gasteiger partial charge in [-0.3, -0.25) is 10.1 Å². The van der Waals surface area contributed by atoms with Gasteiger partial charge < -0.3 is 10.1 Å². The second-order valence-electron chi connectivity index (χ2n) is 7.96. The molecule has 1 heterocycles. The standard InChI is InChI=1S/C26H28N2O3S/c1-3-31-26(30)21-16-23(19-11-5-4-6-12-19)32-25(21)28-24(29)17(2)27-22-15-9-13-18-10-7-8-14-20(18)22/h4-8,10-12,14,16-17,22,27H,3,9,13,15H2,1-2H3,(H,28,29)/t17-,22-/m0/s1. The highest BCUT2D eigenvalue weighted by atomic mass is 32.1. The van der Waals surface area contributed by atoms with Crippen LogP contribution in [0.2, 0.25) is 0 Å². The fourth-order valence-corrected chi connectivity index (χ4v) is 5.17. The molecule has 0 radical (unpaired) electrons. The van der Waals surface area contributed by atoms with E-state index in [0.717, 1.165) is 29.7 Å². The van der Waals surface area contributed by atoms with Gasteiger partial charge in [0.25, 0.3) is 0 Å². The molecule has 5 nitrogen and oxygen atoms in total. The Morgan fingerprint density at radius 3 is 2.66 bits per heavy atom. The molecule has 2 atom stereocenters. The predicted molar refractivity (Wildman–Crippen MR) is 129 cm³/mol. The smallest absolute Gasteiger partial charge is 0.341 e. The van der Waals surface area contributed by atoms with Gasteiger partial charge in [0.15, 0.2) is 0 Å². The summed E-state index contributed by atoms with van der Waals surface area (Å²) in [5.74, 6) is -0.594. The van der Waals surface area contributed by atoms with Gasteiger partial charge >= 0.3 is 5.97 Å². The molecule has 0 aliphatic heterocycles. The molecule has 0 unspecified atom stereocenters. The van der Waals surface area contributed by atoms with E-state index in [9.17, 15) is 9.59 Å². The lowest BCUT2D eigenvalue weighted by molar-refractivity contribution is -0.118. The molecular formula is C26H28N2O3S. The fourth-order valence-electron chi connectivity index (χ4n) is 4.11. The average molecular weight is 449 g/mol. The number of aryl methyl sites for hydroxylation is 1. The van der Waals surface area contributed by atoms with Crippen molar-refractivity contribution >= 4 is 28.2 Å². The van der Waals surface area contributed by atoms with Crippen molar-refractivity contribution in [1.29, 1.82) is 0 Å². The zero-order chi connectivity index (χ0) is 22.5. The van der Waals surface area contributed by atoms with Gasteiger partial charge in [0.2, 0.25) is 5.91 Å². The second-order valence-corrected chi connectivity index (χ2v) is 9.01. The summed E-state index contributed by atoms with van der Waals surface area (Å²) in [6.45, 7) is 3.92. The molecule has 3 aromatic rings. The van der Waals surface area contributed by atoms with Gasteiger partial charge in [0.1, 0.15) is 5.00 Å². The van der Waals surface area contributed by atoms with E-state index >= 15 is 0 Å². The molecule has 0 spiro atoms. The Morgan fingerprint density at radius 2 is 1.88 bits per heavy atom. The summed E-state index contributed by atoms with van der Waals surface area (Å²) in [7, 11) is 0. The number of ether oxygens (including phenoxy) is 1. The number of hydrogen-bond donors (Lipinski definition) is 2. The first kappa shape index (κ1) is 22.2. The van der Waals surface area contributed by atoms with E-state index < -0.39 is 12.0 Å². The number of anilines is 1. The summed E-state index contributed by atoms with van der Waals surface area (Å²) < 4.78 is 5.22. The third-order valence-electron chi connectivity index (χ3n) is 5.74. The maximum absolute atomic E-state index is 13.1. The van der Waals surface area contributed by atoms with Crippen LogP contribution in [0.5, 0.6) is 0 Å². The molecule has 2 aromatic carbocycles. The number of rotatable bonds is 7. The van der Waals surface area contributed by atoms with E-state index in [2.05, 4.69) is 28.8 Å². The van der Waals surface area contributed by atoms with E-state index in [0.29, 0.717) is 10.6 Å². The van der Waals surface area contributed by atoms with Crippen molar-refractivity contribution in [1.82, 2.24) is 5.32 Å². The Bertz CT molecular complexity index is 1090. The molecule has 0 saturated carbocycles. The van der Waals surface area contributed by atoms with Gasteiger partial charge in [0, 0.05) is 10.9 Å². The Kier molecular flexibility index (Phi) is 7.02. The number of benzene rings is 2. The maximum Gasteiger partial charge on any atom is 0.341 e. The summed E-state index contributed by atoms with van der Waals surface area (Å²) in [6, 6.07) is 19.8. The van der Waals surface area contributed by atoms with Crippen molar-refractivity contribution in [2.45, 2.75) is 45.2 Å². The molecule has 1 amide bonds. The summed E-state index contributed by atoms with van der Waals surface area (Å²) in [5.41, 5.74) is 4.00. The Morgan fingerprint density at radius 1 is 1.12 bits per heavy atom. The second kappa shape index (κ2) is 10.1. The van der Waals surface area contributed by atoms with Crippen molar-refractivity contribution in [2.24, 2.45) is 0 Å². The first-order valence-corrected chi connectivity index (χ1v) is 11.9. The van der Waals surface area contributed by atoms with Crippen LogP contribution in [0.4, 0.5) is 5.00 Å². The van der Waals surface area contributed by atoms with Crippen LogP contribution in [-0.2, 0) is 16.0 Å². The first-order valence-electron chi connectivity index (χ1n) is 11.1. The molecule has 1 aliphatic rings. The molecule has 32 heavy (non-hydrogen) atoms. The highest BCUT2D eigenvalue weighted by molar-refractivity contribution is 7.20. The molecular weight excluding hydrogens is 420 g/mol. The lowest BCUT2D eigenvalue weighted by Gasteiger charge is -2.28. The molecule has 0 fully saturated rings. The van der Waals surface area contributed by atoms with Gasteiger partial charge in [-0.25, -0.2) is 4.79 Å². The lowest BCUT2D eigenvalue weighted by atomic mass is 9.87. The van der Waals surface area contributed by atoms with Crippen molar-refractivity contribution in [3.05, 3.63) is 77.4 Å². The van der Waals surface area contributed by atoms with Crippen LogP contribution in [0.15, 0.2) is 60.7 Å². The van der Waals surface area contributed by atoms with Gasteiger partial charge in [-0.2, -0.15) is 0 Å². The third kappa shape index (κ3) is 4.92. The molecule has 1 aromatic heterocycles. The van der Waals surface area contributed by atoms with Crippen molar-refractivity contribution < 1.29 is 14.3 Å². The number of amides is 1. The number of fused-ring (bicyclic) bond motifs is 1. The van der Waals surface area contributed by atoms with E-state index in [1.807, 2.05) is 43.3 Å². The summed E-state index contributed by atoms with van der Waals surface area (Å²) in [5, 5.41) is 6.97. The van der Waals surface area contributed by atoms with Crippen molar-refractivity contribution in [2.75, 3.05) is 11.9 Å². The average Bonchev–Trinajstić information content (AvgIpc) is 3.24. The van der Waals surface area contributed by atoms with Gasteiger partial charge in [-0.05, 0) is 55.9 Å². The number of carbonyl (C=O) groups is 2. The molecule has 166 valence electrons. The Hall–Kier alpha value is -2.96. The van der Waals surface area contributed by atoms with Crippen LogP contribution in [-0.4, -0.2) is 24.5 Å². The number of carbonyl (C=O) groups excluding carboxylic acids is 2. The summed E-state index contributed by atoms with van der Waals surface area (Å²) in [4.78, 5) is 26.5. The van der Waals surface area contributed by atoms with E-state index in [1.54, 1.807) is 13.0 Å². The lowest BCUT2D eigenvalue weighted by Crippen LogP contribution is -2.41. The van der Waals surface area contributed by atoms with E-state index in [1.165, 1.54) is 22.5 Å². The number of esters is 1. The highest BCUT2D eigenvalue weighted by Crippen LogP contribution is 2.36. The predicted octanol–water partition coefficient (Wildman–Crippen LogP) is 5.59. The van der Waals surface area contributed by atoms with Crippen LogP contribution in [0.1, 0.15) is 54.2 Å². The molecule has 2 N–H and O–H groups in total. The summed E-state index contributed by atoms with van der Waals surface area (Å²) in [6.07, 6.45) is 3.18. The van der Waals surface area contributed by atoms with Crippen LogP contribution < -0.4 is 10.6 Å². The van der Waals surface area contributed by atoms with Gasteiger partial charge in [0.05, 0.1) is 18.2 Å². The minimum Gasteiger partial charge on any atom is -0.462 e. The zero-order valence-electron chi connectivity index (χ0n) is 18.4. The van der Waals surface area contributed by atoms with Crippen LogP contribution in [0, 0.1) is 0 Å². The third-order valence-corrected chi connectivity index (χ3v) is 6.84.